The van der Waals surface area contributed by atoms with Crippen molar-refractivity contribution in [1.82, 2.24) is 4.90 Å². The quantitative estimate of drug-likeness (QED) is 0.480. The number of halogens is 1. The molecule has 10 heteroatoms. The Hall–Kier alpha value is -3.66. The van der Waals surface area contributed by atoms with Crippen molar-refractivity contribution in [1.29, 1.82) is 0 Å². The summed E-state index contributed by atoms with van der Waals surface area (Å²) in [4.78, 5) is 27.6. The molecule has 0 N–H and O–H groups in total. The van der Waals surface area contributed by atoms with Gasteiger partial charge in [0.2, 0.25) is 6.79 Å². The Balaban J connectivity index is 1.79. The van der Waals surface area contributed by atoms with Gasteiger partial charge in [0, 0.05) is 18.9 Å². The Morgan fingerprint density at radius 1 is 0.943 bits per heavy atom. The molecule has 2 aliphatic heterocycles. The van der Waals surface area contributed by atoms with Crippen LogP contribution in [0.2, 0.25) is 0 Å². The topological polar surface area (TPSA) is 92.8 Å². The van der Waals surface area contributed by atoms with Crippen LogP contribution in [0, 0.1) is 0 Å². The number of carbonyl (C=O) groups excluding carboxylic acids is 2. The van der Waals surface area contributed by atoms with E-state index < -0.39 is 17.9 Å². The largest absolute Gasteiger partial charge is 0.493 e. The maximum Gasteiger partial charge on any atom is 0.336 e. The van der Waals surface area contributed by atoms with Crippen LogP contribution in [0.5, 0.6) is 23.0 Å². The van der Waals surface area contributed by atoms with E-state index in [-0.39, 0.29) is 17.9 Å². The number of hydrogen-bond acceptors (Lipinski definition) is 9. The molecule has 2 aromatic carbocycles. The van der Waals surface area contributed by atoms with Gasteiger partial charge in [-0.25, -0.2) is 9.59 Å². The van der Waals surface area contributed by atoms with Crippen LogP contribution >= 0.6 is 15.9 Å². The molecule has 184 valence electrons. The molecule has 0 saturated carbocycles. The summed E-state index contributed by atoms with van der Waals surface area (Å²) in [5, 5.41) is 0. The third-order valence-corrected chi connectivity index (χ3v) is 6.25. The van der Waals surface area contributed by atoms with Crippen LogP contribution in [0.1, 0.15) is 17.0 Å². The second kappa shape index (κ2) is 10.3. The van der Waals surface area contributed by atoms with Crippen molar-refractivity contribution >= 4 is 27.9 Å². The van der Waals surface area contributed by atoms with Gasteiger partial charge in [-0.3, -0.25) is 0 Å². The van der Waals surface area contributed by atoms with Gasteiger partial charge in [-0.05, 0) is 51.3 Å². The van der Waals surface area contributed by atoms with Crippen LogP contribution in [0.4, 0.5) is 0 Å². The number of hydrogen-bond donors (Lipinski definition) is 0. The summed E-state index contributed by atoms with van der Waals surface area (Å²) in [6.45, 7) is 0.532. The minimum Gasteiger partial charge on any atom is -0.493 e. The fourth-order valence-corrected chi connectivity index (χ4v) is 4.71. The molecule has 0 amide bonds. The van der Waals surface area contributed by atoms with E-state index >= 15 is 0 Å². The van der Waals surface area contributed by atoms with E-state index in [9.17, 15) is 9.59 Å². The normalized spacial score (nSPS) is 14.7. The molecule has 2 heterocycles. The summed E-state index contributed by atoms with van der Waals surface area (Å²) in [5.74, 6) is 0.318. The summed E-state index contributed by atoms with van der Waals surface area (Å²) in [7, 11) is 5.62. The Morgan fingerprint density at radius 3 is 2.20 bits per heavy atom. The molecule has 0 aromatic heterocycles. The first-order valence-corrected chi connectivity index (χ1v) is 11.3. The zero-order valence-electron chi connectivity index (χ0n) is 19.6. The van der Waals surface area contributed by atoms with Gasteiger partial charge < -0.3 is 33.3 Å². The van der Waals surface area contributed by atoms with Crippen LogP contribution in [-0.2, 0) is 25.6 Å². The lowest BCUT2D eigenvalue weighted by Crippen LogP contribution is -2.28. The van der Waals surface area contributed by atoms with Crippen molar-refractivity contribution in [2.24, 2.45) is 0 Å². The van der Waals surface area contributed by atoms with E-state index in [0.29, 0.717) is 39.6 Å². The minimum absolute atomic E-state index is 0.170. The van der Waals surface area contributed by atoms with E-state index in [0.717, 1.165) is 5.56 Å². The SMILES string of the molecule is COC(=O)C1=CN(Cc2ccc3c(c2)OCO3)C=C(C(=O)OC)C1c1cc(Br)c(OC)c(OC)c1. The molecule has 0 saturated heterocycles. The molecule has 0 radical (unpaired) electrons. The molecule has 0 fully saturated rings. The van der Waals surface area contributed by atoms with E-state index in [1.165, 1.54) is 28.4 Å². The van der Waals surface area contributed by atoms with Gasteiger partial charge in [0.25, 0.3) is 0 Å². The third kappa shape index (κ3) is 4.79. The van der Waals surface area contributed by atoms with Crippen molar-refractivity contribution in [3.8, 4) is 23.0 Å². The Kier molecular flexibility index (Phi) is 7.20. The number of methoxy groups -OCH3 is 4. The average Bonchev–Trinajstić information content (AvgIpc) is 3.34. The van der Waals surface area contributed by atoms with Gasteiger partial charge in [-0.2, -0.15) is 0 Å². The third-order valence-electron chi connectivity index (χ3n) is 5.67. The molecule has 2 aromatic rings. The van der Waals surface area contributed by atoms with Crippen LogP contribution in [0.25, 0.3) is 0 Å². The van der Waals surface area contributed by atoms with Gasteiger partial charge in [0.05, 0.1) is 50.0 Å². The Labute approximate surface area is 210 Å². The second-order valence-electron chi connectivity index (χ2n) is 7.68. The minimum atomic E-state index is -0.765. The van der Waals surface area contributed by atoms with Crippen molar-refractivity contribution in [3.63, 3.8) is 0 Å². The average molecular weight is 546 g/mol. The van der Waals surface area contributed by atoms with E-state index in [1.54, 1.807) is 29.4 Å². The first kappa shape index (κ1) is 24.5. The van der Waals surface area contributed by atoms with Gasteiger partial charge in [0.15, 0.2) is 23.0 Å². The molecular formula is C25H24BrNO8. The molecule has 0 aliphatic carbocycles. The summed E-state index contributed by atoms with van der Waals surface area (Å²) in [5.41, 5.74) is 2.03. The second-order valence-corrected chi connectivity index (χ2v) is 8.54. The summed E-state index contributed by atoms with van der Waals surface area (Å²) in [6, 6.07) is 9.06. The molecule has 0 spiro atoms. The standard InChI is InChI=1S/C25H24BrNO8/c1-30-21-9-15(8-18(26)23(21)31-2)22-16(24(28)32-3)11-27(12-17(22)25(29)33-4)10-14-5-6-19-20(7-14)35-13-34-19/h5-9,11-12,22H,10,13H2,1-4H3. The summed E-state index contributed by atoms with van der Waals surface area (Å²) < 4.78 is 32.5. The number of fused-ring (bicyclic) bond motifs is 1. The number of esters is 2. The Bertz CT molecular complexity index is 1190. The smallest absolute Gasteiger partial charge is 0.336 e. The predicted octanol–water partition coefficient (Wildman–Crippen LogP) is 3.91. The number of nitrogens with zero attached hydrogens (tertiary/aromatic N) is 1. The zero-order valence-corrected chi connectivity index (χ0v) is 21.2. The van der Waals surface area contributed by atoms with Gasteiger partial charge >= 0.3 is 11.9 Å². The lowest BCUT2D eigenvalue weighted by molar-refractivity contribution is -0.137. The fraction of sp³-hybridized carbons (Fsp3) is 0.280. The first-order valence-electron chi connectivity index (χ1n) is 10.6. The monoisotopic (exact) mass is 545 g/mol. The first-order chi connectivity index (χ1) is 16.9. The lowest BCUT2D eigenvalue weighted by atomic mass is 9.83. The maximum atomic E-state index is 12.9. The fourth-order valence-electron chi connectivity index (χ4n) is 4.09. The summed E-state index contributed by atoms with van der Waals surface area (Å²) in [6.07, 6.45) is 3.33. The molecule has 9 nitrogen and oxygen atoms in total. The van der Waals surface area contributed by atoms with Crippen molar-refractivity contribution in [2.45, 2.75) is 12.5 Å². The van der Waals surface area contributed by atoms with Gasteiger partial charge in [-0.1, -0.05) is 6.07 Å². The highest BCUT2D eigenvalue weighted by Crippen LogP contribution is 2.44. The van der Waals surface area contributed by atoms with Crippen LogP contribution < -0.4 is 18.9 Å². The van der Waals surface area contributed by atoms with E-state index in [1.807, 2.05) is 18.2 Å². The number of carbonyl (C=O) groups is 2. The van der Waals surface area contributed by atoms with E-state index in [2.05, 4.69) is 15.9 Å². The molecule has 0 bridgehead atoms. The van der Waals surface area contributed by atoms with Crippen molar-refractivity contribution in [2.75, 3.05) is 35.2 Å². The van der Waals surface area contributed by atoms with Crippen LogP contribution in [0.3, 0.4) is 0 Å². The summed E-state index contributed by atoms with van der Waals surface area (Å²) >= 11 is 3.49. The van der Waals surface area contributed by atoms with Crippen LogP contribution in [0.15, 0.2) is 58.4 Å². The predicted molar refractivity (Wildman–Crippen MR) is 128 cm³/mol. The molecular weight excluding hydrogens is 522 g/mol. The highest BCUT2D eigenvalue weighted by Gasteiger charge is 2.36. The molecule has 2 aliphatic rings. The Morgan fingerprint density at radius 2 is 1.60 bits per heavy atom. The molecule has 0 unspecified atom stereocenters. The highest BCUT2D eigenvalue weighted by atomic mass is 79.9. The van der Waals surface area contributed by atoms with Crippen molar-refractivity contribution in [3.05, 3.63) is 69.5 Å². The molecule has 4 rings (SSSR count). The molecule has 35 heavy (non-hydrogen) atoms. The van der Waals surface area contributed by atoms with E-state index in [4.69, 9.17) is 28.4 Å². The maximum absolute atomic E-state index is 12.9. The van der Waals surface area contributed by atoms with Gasteiger partial charge in [-0.15, -0.1) is 0 Å². The molecule has 0 atom stereocenters. The van der Waals surface area contributed by atoms with Crippen molar-refractivity contribution < 1.29 is 38.0 Å². The number of rotatable bonds is 7. The number of ether oxygens (including phenoxy) is 6. The van der Waals surface area contributed by atoms with Gasteiger partial charge in [0.1, 0.15) is 0 Å². The van der Waals surface area contributed by atoms with Crippen LogP contribution in [-0.4, -0.2) is 52.1 Å². The lowest BCUT2D eigenvalue weighted by Gasteiger charge is -2.30. The zero-order chi connectivity index (χ0) is 25.1. The highest BCUT2D eigenvalue weighted by molar-refractivity contribution is 9.10. The number of benzene rings is 2.